The molecule has 0 aromatic carbocycles. The molecule has 0 amide bonds. The molecule has 8 heteroatoms. The van der Waals surface area contributed by atoms with E-state index in [1.54, 1.807) is 12.1 Å². The van der Waals surface area contributed by atoms with Gasteiger partial charge in [0.2, 0.25) is 0 Å². The van der Waals surface area contributed by atoms with Crippen LogP contribution in [0.4, 0.5) is 0 Å². The van der Waals surface area contributed by atoms with Crippen LogP contribution in [0.15, 0.2) is 22.8 Å². The second-order valence-corrected chi connectivity index (χ2v) is 2.25. The number of hydrogen-bond donors (Lipinski definition) is 0. The molecule has 0 saturated carbocycles. The van der Waals surface area contributed by atoms with E-state index >= 15 is 0 Å². The van der Waals surface area contributed by atoms with Crippen LogP contribution < -0.4 is 0 Å². The molecule has 7 nitrogen and oxygen atoms in total. The summed E-state index contributed by atoms with van der Waals surface area (Å²) in [6, 6.07) is 3.46. The maximum atomic E-state index is 4.99. The van der Waals surface area contributed by atoms with Gasteiger partial charge in [-0.3, -0.25) is 9.78 Å². The SMILES string of the molecule is COOB(OOC)OOCc1ccco1. The molecule has 1 aromatic heterocycles. The first-order valence-corrected chi connectivity index (χ1v) is 4.06. The van der Waals surface area contributed by atoms with E-state index in [0.29, 0.717) is 5.76 Å². The topological polar surface area (TPSA) is 68.5 Å². The standard InChI is InChI=1S/C7H11BO7/c1-9-13-8(14-10-2)15-12-6-7-4-3-5-11-7/h3-5H,6H2,1-2H3. The summed E-state index contributed by atoms with van der Waals surface area (Å²) in [5, 5.41) is 0. The third kappa shape index (κ3) is 4.93. The summed E-state index contributed by atoms with van der Waals surface area (Å²) in [5.74, 6) is 0.601. The van der Waals surface area contributed by atoms with Crippen molar-refractivity contribution in [2.45, 2.75) is 6.61 Å². The molecule has 0 aliphatic carbocycles. The van der Waals surface area contributed by atoms with Crippen molar-refractivity contribution in [2.75, 3.05) is 14.2 Å². The van der Waals surface area contributed by atoms with E-state index in [-0.39, 0.29) is 6.61 Å². The van der Waals surface area contributed by atoms with Crippen molar-refractivity contribution >= 4 is 7.32 Å². The molecule has 0 N–H and O–H groups in total. The zero-order chi connectivity index (χ0) is 10.9. The molecule has 0 unspecified atom stereocenters. The fourth-order valence-corrected chi connectivity index (χ4v) is 0.748. The van der Waals surface area contributed by atoms with Crippen LogP contribution >= 0.6 is 0 Å². The molecule has 0 aliphatic rings. The molecule has 0 atom stereocenters. The largest absolute Gasteiger partial charge is 0.725 e. The highest BCUT2D eigenvalue weighted by Gasteiger charge is 2.26. The quantitative estimate of drug-likeness (QED) is 0.364. The van der Waals surface area contributed by atoms with Gasteiger partial charge in [0.05, 0.1) is 20.5 Å². The van der Waals surface area contributed by atoms with Crippen molar-refractivity contribution in [3.8, 4) is 0 Å². The Morgan fingerprint density at radius 2 is 1.93 bits per heavy atom. The monoisotopic (exact) mass is 218 g/mol. The van der Waals surface area contributed by atoms with Crippen LogP contribution in [0.2, 0.25) is 0 Å². The first kappa shape index (κ1) is 12.2. The number of hydrogen-bond acceptors (Lipinski definition) is 7. The van der Waals surface area contributed by atoms with Crippen molar-refractivity contribution in [3.63, 3.8) is 0 Å². The fourth-order valence-electron chi connectivity index (χ4n) is 0.748. The Bertz CT molecular complexity index is 233. The van der Waals surface area contributed by atoms with E-state index in [1.165, 1.54) is 20.5 Å². The smallest absolute Gasteiger partial charge is 0.467 e. The molecule has 1 aromatic rings. The number of rotatable bonds is 8. The average molecular weight is 218 g/mol. The third-order valence-corrected chi connectivity index (χ3v) is 1.28. The second-order valence-electron chi connectivity index (χ2n) is 2.25. The Labute approximate surface area is 86.7 Å². The summed E-state index contributed by atoms with van der Waals surface area (Å²) in [7, 11) is 1.36. The minimum atomic E-state index is -1.23. The average Bonchev–Trinajstić information content (AvgIpc) is 2.71. The third-order valence-electron chi connectivity index (χ3n) is 1.28. The highest BCUT2D eigenvalue weighted by Crippen LogP contribution is 2.03. The van der Waals surface area contributed by atoms with Crippen LogP contribution in [0.3, 0.4) is 0 Å². The van der Waals surface area contributed by atoms with Gasteiger partial charge in [-0.25, -0.2) is 19.3 Å². The molecule has 1 heterocycles. The number of furan rings is 1. The molecule has 0 spiro atoms. The van der Waals surface area contributed by atoms with Crippen molar-refractivity contribution in [1.29, 1.82) is 0 Å². The predicted octanol–water partition coefficient (Wildman–Crippen LogP) is 0.869. The van der Waals surface area contributed by atoms with Gasteiger partial charge in [-0.05, 0) is 12.1 Å². The molecule has 0 bridgehead atoms. The first-order valence-electron chi connectivity index (χ1n) is 4.06. The summed E-state index contributed by atoms with van der Waals surface area (Å²) in [5.41, 5.74) is 0. The lowest BCUT2D eigenvalue weighted by Gasteiger charge is -2.08. The zero-order valence-corrected chi connectivity index (χ0v) is 8.37. The normalized spacial score (nSPS) is 10.5. The van der Waals surface area contributed by atoms with Gasteiger partial charge in [0.1, 0.15) is 12.4 Å². The van der Waals surface area contributed by atoms with E-state index in [9.17, 15) is 0 Å². The van der Waals surface area contributed by atoms with Crippen LogP contribution in [0, 0.1) is 0 Å². The van der Waals surface area contributed by atoms with Gasteiger partial charge in [-0.2, -0.15) is 0 Å². The van der Waals surface area contributed by atoms with Gasteiger partial charge in [-0.15, -0.1) is 0 Å². The second kappa shape index (κ2) is 7.40. The van der Waals surface area contributed by atoms with Gasteiger partial charge in [0, 0.05) is 0 Å². The van der Waals surface area contributed by atoms with Crippen molar-refractivity contribution in [2.24, 2.45) is 0 Å². The lowest BCUT2D eigenvalue weighted by Crippen LogP contribution is -2.26. The molecular formula is C7H11BO7. The van der Waals surface area contributed by atoms with E-state index in [1.807, 2.05) is 0 Å². The minimum absolute atomic E-state index is 0.115. The summed E-state index contributed by atoms with van der Waals surface area (Å²) < 4.78 is 4.99. The Hall–Kier alpha value is -0.895. The first-order chi connectivity index (χ1) is 7.36. The molecular weight excluding hydrogens is 207 g/mol. The summed E-state index contributed by atoms with van der Waals surface area (Å²) in [6.07, 6.45) is 1.52. The van der Waals surface area contributed by atoms with Gasteiger partial charge < -0.3 is 4.42 Å². The van der Waals surface area contributed by atoms with Gasteiger partial charge in [0.15, 0.2) is 0 Å². The molecule has 0 fully saturated rings. The lowest BCUT2D eigenvalue weighted by molar-refractivity contribution is -0.339. The van der Waals surface area contributed by atoms with Crippen molar-refractivity contribution in [3.05, 3.63) is 24.2 Å². The molecule has 15 heavy (non-hydrogen) atoms. The maximum absolute atomic E-state index is 4.99. The van der Waals surface area contributed by atoms with Gasteiger partial charge in [0.25, 0.3) is 0 Å². The minimum Gasteiger partial charge on any atom is -0.467 e. The van der Waals surface area contributed by atoms with Crippen LogP contribution in [-0.4, -0.2) is 21.5 Å². The molecule has 0 radical (unpaired) electrons. The Kier molecular flexibility index (Phi) is 6.01. The highest BCUT2D eigenvalue weighted by atomic mass is 17.3. The van der Waals surface area contributed by atoms with Gasteiger partial charge >= 0.3 is 7.32 Å². The van der Waals surface area contributed by atoms with Crippen LogP contribution in [0.5, 0.6) is 0 Å². The summed E-state index contributed by atoms with van der Waals surface area (Å²) >= 11 is 0. The molecule has 84 valence electrons. The van der Waals surface area contributed by atoms with Crippen LogP contribution in [0.1, 0.15) is 5.76 Å². The Morgan fingerprint density at radius 1 is 1.20 bits per heavy atom. The highest BCUT2D eigenvalue weighted by molar-refractivity contribution is 6.35. The zero-order valence-electron chi connectivity index (χ0n) is 8.37. The molecule has 0 saturated heterocycles. The van der Waals surface area contributed by atoms with Crippen molar-refractivity contribution in [1.82, 2.24) is 0 Å². The summed E-state index contributed by atoms with van der Waals surface area (Å²) in [4.78, 5) is 27.0. The van der Waals surface area contributed by atoms with E-state index in [0.717, 1.165) is 0 Å². The van der Waals surface area contributed by atoms with E-state index in [2.05, 4.69) is 24.2 Å². The molecule has 0 aliphatic heterocycles. The van der Waals surface area contributed by atoms with E-state index in [4.69, 9.17) is 9.30 Å². The fraction of sp³-hybridized carbons (Fsp3) is 0.429. The lowest BCUT2D eigenvalue weighted by atomic mass is 10.3. The van der Waals surface area contributed by atoms with Crippen LogP contribution in [-0.2, 0) is 35.7 Å². The van der Waals surface area contributed by atoms with E-state index < -0.39 is 7.32 Å². The Morgan fingerprint density at radius 3 is 2.47 bits per heavy atom. The van der Waals surface area contributed by atoms with Crippen molar-refractivity contribution < 1.29 is 33.5 Å². The Balaban J connectivity index is 2.15. The summed E-state index contributed by atoms with van der Waals surface area (Å²) in [6.45, 7) is 0.115. The predicted molar refractivity (Wildman–Crippen MR) is 46.5 cm³/mol. The van der Waals surface area contributed by atoms with Gasteiger partial charge in [-0.1, -0.05) is 0 Å². The molecule has 1 rings (SSSR count). The van der Waals surface area contributed by atoms with Crippen LogP contribution in [0.25, 0.3) is 0 Å². The maximum Gasteiger partial charge on any atom is 0.725 e.